The highest BCUT2D eigenvalue weighted by Gasteiger charge is 2.06. The lowest BCUT2D eigenvalue weighted by molar-refractivity contribution is 0.202. The van der Waals surface area contributed by atoms with Crippen LogP contribution in [0.15, 0.2) is 45.5 Å². The fourth-order valence-corrected chi connectivity index (χ4v) is 2.79. The van der Waals surface area contributed by atoms with Crippen LogP contribution in [-0.2, 0) is 11.2 Å². The van der Waals surface area contributed by atoms with E-state index in [9.17, 15) is 0 Å². The zero-order valence-electron chi connectivity index (χ0n) is 10.5. The molecular weight excluding hydrogens is 372 g/mol. The molecule has 0 fully saturated rings. The van der Waals surface area contributed by atoms with E-state index in [0.29, 0.717) is 6.61 Å². The number of nitrogens with zero attached hydrogens (tertiary/aromatic N) is 1. The summed E-state index contributed by atoms with van der Waals surface area (Å²) in [5.74, 6) is 0.799. The van der Waals surface area contributed by atoms with E-state index in [1.165, 1.54) is 5.56 Å². The van der Waals surface area contributed by atoms with E-state index >= 15 is 0 Å². The lowest BCUT2D eigenvalue weighted by atomic mass is 10.1. The molecule has 0 atom stereocenters. The Morgan fingerprint density at radius 3 is 2.79 bits per heavy atom. The third-order valence-corrected chi connectivity index (χ3v) is 3.69. The van der Waals surface area contributed by atoms with Gasteiger partial charge in [0.2, 0.25) is 0 Å². The summed E-state index contributed by atoms with van der Waals surface area (Å²) in [7, 11) is 1.71. The number of benzene rings is 1. The molecule has 100 valence electrons. The summed E-state index contributed by atoms with van der Waals surface area (Å²) in [4.78, 5) is 4.36. The maximum atomic E-state index is 5.13. The Morgan fingerprint density at radius 1 is 1.26 bits per heavy atom. The summed E-state index contributed by atoms with van der Waals surface area (Å²) in [5, 5.41) is 3.34. The van der Waals surface area contributed by atoms with Gasteiger partial charge < -0.3 is 10.1 Å². The molecule has 0 spiro atoms. The molecule has 1 N–H and O–H groups in total. The summed E-state index contributed by atoms with van der Waals surface area (Å²) in [5.41, 5.74) is 2.26. The monoisotopic (exact) mass is 384 g/mol. The summed E-state index contributed by atoms with van der Waals surface area (Å²) in [6.45, 7) is 0.702. The van der Waals surface area contributed by atoms with Gasteiger partial charge in [-0.2, -0.15) is 0 Å². The van der Waals surface area contributed by atoms with Gasteiger partial charge in [0, 0.05) is 23.5 Å². The van der Waals surface area contributed by atoms with Crippen molar-refractivity contribution in [2.45, 2.75) is 6.42 Å². The van der Waals surface area contributed by atoms with Gasteiger partial charge in [0.15, 0.2) is 0 Å². The predicted molar refractivity (Wildman–Crippen MR) is 84.9 cm³/mol. The zero-order valence-corrected chi connectivity index (χ0v) is 13.7. The van der Waals surface area contributed by atoms with E-state index in [-0.39, 0.29) is 0 Å². The van der Waals surface area contributed by atoms with Crippen molar-refractivity contribution >= 4 is 43.4 Å². The van der Waals surface area contributed by atoms with Crippen molar-refractivity contribution in [2.75, 3.05) is 19.0 Å². The Morgan fingerprint density at radius 2 is 2.05 bits per heavy atom. The van der Waals surface area contributed by atoms with Crippen LogP contribution in [0, 0.1) is 0 Å². The van der Waals surface area contributed by atoms with Gasteiger partial charge in [-0.25, -0.2) is 4.98 Å². The molecule has 1 heterocycles. The van der Waals surface area contributed by atoms with Gasteiger partial charge in [-0.3, -0.25) is 0 Å². The van der Waals surface area contributed by atoms with Crippen LogP contribution in [0.5, 0.6) is 0 Å². The molecule has 1 aromatic heterocycles. The standard InChI is InChI=1S/C14H14Br2N2O/c1-19-7-6-10-4-2-3-5-13(10)18-14-12(16)8-11(15)9-17-14/h2-5,8-9H,6-7H2,1H3,(H,17,18). The normalized spacial score (nSPS) is 10.5. The lowest BCUT2D eigenvalue weighted by Crippen LogP contribution is -2.01. The highest BCUT2D eigenvalue weighted by atomic mass is 79.9. The number of nitrogens with one attached hydrogen (secondary N) is 1. The number of hydrogen-bond acceptors (Lipinski definition) is 3. The van der Waals surface area contributed by atoms with Crippen molar-refractivity contribution in [1.82, 2.24) is 4.98 Å². The molecule has 0 radical (unpaired) electrons. The number of pyridine rings is 1. The minimum absolute atomic E-state index is 0.702. The van der Waals surface area contributed by atoms with Gasteiger partial charge >= 0.3 is 0 Å². The quantitative estimate of drug-likeness (QED) is 0.820. The average Bonchev–Trinajstić information content (AvgIpc) is 2.41. The molecule has 0 unspecified atom stereocenters. The largest absolute Gasteiger partial charge is 0.384 e. The van der Waals surface area contributed by atoms with E-state index in [2.05, 4.69) is 48.2 Å². The Kier molecular flexibility index (Phi) is 5.36. The van der Waals surface area contributed by atoms with Gasteiger partial charge in [-0.1, -0.05) is 18.2 Å². The second kappa shape index (κ2) is 7.03. The molecule has 0 aliphatic carbocycles. The Bertz CT molecular complexity index is 561. The molecular formula is C14H14Br2N2O. The number of methoxy groups -OCH3 is 1. The van der Waals surface area contributed by atoms with Gasteiger partial charge in [0.1, 0.15) is 5.82 Å². The van der Waals surface area contributed by atoms with Crippen LogP contribution in [0.2, 0.25) is 0 Å². The number of aromatic nitrogens is 1. The minimum atomic E-state index is 0.702. The second-order valence-corrected chi connectivity index (χ2v) is 5.78. The van der Waals surface area contributed by atoms with Gasteiger partial charge in [0.25, 0.3) is 0 Å². The smallest absolute Gasteiger partial charge is 0.144 e. The summed E-state index contributed by atoms with van der Waals surface area (Å²) in [6, 6.07) is 10.1. The maximum absolute atomic E-state index is 5.13. The van der Waals surface area contributed by atoms with Gasteiger partial charge in [0.05, 0.1) is 11.1 Å². The summed E-state index contributed by atoms with van der Waals surface area (Å²) >= 11 is 6.90. The molecule has 0 amide bonds. The zero-order chi connectivity index (χ0) is 13.7. The molecule has 0 saturated heterocycles. The number of rotatable bonds is 5. The Hall–Kier alpha value is -0.910. The molecule has 0 aliphatic rings. The Labute approximate surface area is 129 Å². The van der Waals surface area contributed by atoms with Crippen LogP contribution in [-0.4, -0.2) is 18.7 Å². The van der Waals surface area contributed by atoms with Crippen LogP contribution in [0.1, 0.15) is 5.56 Å². The highest BCUT2D eigenvalue weighted by Crippen LogP contribution is 2.28. The van der Waals surface area contributed by atoms with Crippen molar-refractivity contribution in [1.29, 1.82) is 0 Å². The molecule has 0 aliphatic heterocycles. The van der Waals surface area contributed by atoms with E-state index in [1.54, 1.807) is 13.3 Å². The van der Waals surface area contributed by atoms with Crippen molar-refractivity contribution < 1.29 is 4.74 Å². The van der Waals surface area contributed by atoms with Crippen LogP contribution >= 0.6 is 31.9 Å². The Balaban J connectivity index is 2.22. The van der Waals surface area contributed by atoms with Crippen molar-refractivity contribution in [3.63, 3.8) is 0 Å². The number of ether oxygens (including phenoxy) is 1. The van der Waals surface area contributed by atoms with E-state index in [1.807, 2.05) is 24.3 Å². The average molecular weight is 386 g/mol. The summed E-state index contributed by atoms with van der Waals surface area (Å²) in [6.07, 6.45) is 2.64. The number of hydrogen-bond donors (Lipinski definition) is 1. The molecule has 1 aromatic carbocycles. The lowest BCUT2D eigenvalue weighted by Gasteiger charge is -2.12. The number of para-hydroxylation sites is 1. The maximum Gasteiger partial charge on any atom is 0.144 e. The molecule has 5 heteroatoms. The molecule has 19 heavy (non-hydrogen) atoms. The fraction of sp³-hybridized carbons (Fsp3) is 0.214. The highest BCUT2D eigenvalue weighted by molar-refractivity contribution is 9.11. The predicted octanol–water partition coefficient (Wildman–Crippen LogP) is 4.54. The van der Waals surface area contributed by atoms with Crippen LogP contribution < -0.4 is 5.32 Å². The fourth-order valence-electron chi connectivity index (χ4n) is 1.71. The first-order chi connectivity index (χ1) is 9.20. The molecule has 0 bridgehead atoms. The first-order valence-electron chi connectivity index (χ1n) is 5.85. The molecule has 2 aromatic rings. The number of anilines is 2. The summed E-state index contributed by atoms with van der Waals surface area (Å²) < 4.78 is 6.99. The van der Waals surface area contributed by atoms with E-state index in [4.69, 9.17) is 4.74 Å². The third-order valence-electron chi connectivity index (χ3n) is 2.65. The van der Waals surface area contributed by atoms with Gasteiger partial charge in [-0.15, -0.1) is 0 Å². The topological polar surface area (TPSA) is 34.1 Å². The SMILES string of the molecule is COCCc1ccccc1Nc1ncc(Br)cc1Br. The van der Waals surface area contributed by atoms with Gasteiger partial charge in [-0.05, 0) is 56.0 Å². The molecule has 3 nitrogen and oxygen atoms in total. The van der Waals surface area contributed by atoms with Crippen molar-refractivity contribution in [3.8, 4) is 0 Å². The van der Waals surface area contributed by atoms with Crippen LogP contribution in [0.3, 0.4) is 0 Å². The van der Waals surface area contributed by atoms with E-state index < -0.39 is 0 Å². The van der Waals surface area contributed by atoms with Crippen molar-refractivity contribution in [2.24, 2.45) is 0 Å². The van der Waals surface area contributed by atoms with E-state index in [0.717, 1.165) is 26.9 Å². The number of halogens is 2. The first-order valence-corrected chi connectivity index (χ1v) is 7.44. The molecule has 0 saturated carbocycles. The minimum Gasteiger partial charge on any atom is -0.384 e. The third kappa shape index (κ3) is 4.03. The first kappa shape index (κ1) is 14.5. The van der Waals surface area contributed by atoms with Crippen molar-refractivity contribution in [3.05, 3.63) is 51.0 Å². The second-order valence-electron chi connectivity index (χ2n) is 4.01. The molecule has 2 rings (SSSR count). The van der Waals surface area contributed by atoms with Crippen LogP contribution in [0.4, 0.5) is 11.5 Å². The van der Waals surface area contributed by atoms with Crippen LogP contribution in [0.25, 0.3) is 0 Å².